The molecule has 2 aliphatic heterocycles. The molecule has 0 atom stereocenters. The molecule has 2 fully saturated rings. The van der Waals surface area contributed by atoms with Gasteiger partial charge in [-0.25, -0.2) is 0 Å². The zero-order valence-electron chi connectivity index (χ0n) is 18.9. The lowest BCUT2D eigenvalue weighted by Crippen LogP contribution is -2.54. The highest BCUT2D eigenvalue weighted by Crippen LogP contribution is 2.17. The van der Waals surface area contributed by atoms with Crippen molar-refractivity contribution in [1.29, 1.82) is 0 Å². The lowest BCUT2D eigenvalue weighted by Gasteiger charge is -2.37. The molecule has 8 heteroatoms. The van der Waals surface area contributed by atoms with Gasteiger partial charge in [0.05, 0.1) is 6.42 Å². The first kappa shape index (κ1) is 26.2. The highest BCUT2D eigenvalue weighted by molar-refractivity contribution is 14.0. The summed E-state index contributed by atoms with van der Waals surface area (Å²) in [7, 11) is 1.85. The van der Waals surface area contributed by atoms with Crippen LogP contribution in [0.3, 0.4) is 0 Å². The van der Waals surface area contributed by atoms with E-state index in [-0.39, 0.29) is 29.9 Å². The van der Waals surface area contributed by atoms with Crippen LogP contribution in [0.4, 0.5) is 0 Å². The van der Waals surface area contributed by atoms with Crippen LogP contribution in [0.2, 0.25) is 5.02 Å². The van der Waals surface area contributed by atoms with Crippen molar-refractivity contribution < 1.29 is 4.79 Å². The summed E-state index contributed by atoms with van der Waals surface area (Å²) in [6, 6.07) is 7.56. The summed E-state index contributed by atoms with van der Waals surface area (Å²) in [5.41, 5.74) is 0.970. The molecule has 1 aromatic carbocycles. The summed E-state index contributed by atoms with van der Waals surface area (Å²) in [5.74, 6) is 1.85. The molecule has 2 saturated heterocycles. The van der Waals surface area contributed by atoms with Gasteiger partial charge in [-0.15, -0.1) is 24.0 Å². The van der Waals surface area contributed by atoms with Crippen LogP contribution in [0, 0.1) is 5.92 Å². The number of guanidine groups is 1. The fourth-order valence-electron chi connectivity index (χ4n) is 4.40. The van der Waals surface area contributed by atoms with Gasteiger partial charge in [0, 0.05) is 44.8 Å². The summed E-state index contributed by atoms with van der Waals surface area (Å²) >= 11 is 6.04. The number of nitrogens with one attached hydrogen (secondary N) is 1. The molecule has 1 amide bonds. The molecule has 2 heterocycles. The minimum atomic E-state index is 0. The number of carbonyl (C=O) groups excluding carboxylic acids is 1. The van der Waals surface area contributed by atoms with Crippen LogP contribution in [0.15, 0.2) is 29.3 Å². The number of benzene rings is 1. The number of aliphatic imine (C=N–C) groups is 1. The van der Waals surface area contributed by atoms with Crippen LogP contribution in [0.1, 0.15) is 31.7 Å². The molecule has 0 bridgehead atoms. The van der Waals surface area contributed by atoms with E-state index >= 15 is 0 Å². The third-order valence-electron chi connectivity index (χ3n) is 6.18. The average molecular weight is 562 g/mol. The Morgan fingerprint density at radius 3 is 2.42 bits per heavy atom. The number of likely N-dealkylation sites (tertiary alicyclic amines) is 1. The topological polar surface area (TPSA) is 51.2 Å². The maximum absolute atomic E-state index is 12.6. The summed E-state index contributed by atoms with van der Waals surface area (Å²) in [6.45, 7) is 9.99. The third-order valence-corrected chi connectivity index (χ3v) is 6.42. The molecular weight excluding hydrogens is 525 g/mol. The molecule has 0 aromatic heterocycles. The molecule has 174 valence electrons. The Morgan fingerprint density at radius 1 is 1.13 bits per heavy atom. The first-order valence-corrected chi connectivity index (χ1v) is 11.7. The van der Waals surface area contributed by atoms with Gasteiger partial charge in [0.2, 0.25) is 5.91 Å². The fraction of sp³-hybridized carbons (Fsp3) is 0.652. The number of halogens is 2. The lowest BCUT2D eigenvalue weighted by atomic mass is 9.97. The second-order valence-electron chi connectivity index (χ2n) is 8.39. The van der Waals surface area contributed by atoms with Crippen molar-refractivity contribution in [2.45, 2.75) is 32.6 Å². The van der Waals surface area contributed by atoms with Crippen LogP contribution >= 0.6 is 35.6 Å². The standard InChI is InChI=1S/C23H36ClN5O.HI/c1-3-9-27-10-7-19(8-11-27)18-26-23(25-2)29-14-12-28(13-15-29)22(30)17-20-5-4-6-21(24)16-20;/h4-6,16,19H,3,7-15,17-18H2,1-2H3,(H,25,26);1H. The molecular formula is C23H37ClIN5O. The number of hydrogen-bond acceptors (Lipinski definition) is 3. The number of carbonyl (C=O) groups is 1. The smallest absolute Gasteiger partial charge is 0.227 e. The Morgan fingerprint density at radius 2 is 1.81 bits per heavy atom. The van der Waals surface area contributed by atoms with Crippen molar-refractivity contribution in [3.63, 3.8) is 0 Å². The second-order valence-corrected chi connectivity index (χ2v) is 8.82. The fourth-order valence-corrected chi connectivity index (χ4v) is 4.61. The molecule has 0 spiro atoms. The van der Waals surface area contributed by atoms with Gasteiger partial charge in [-0.3, -0.25) is 9.79 Å². The molecule has 1 N–H and O–H groups in total. The van der Waals surface area contributed by atoms with E-state index in [1.54, 1.807) is 0 Å². The van der Waals surface area contributed by atoms with Crippen molar-refractivity contribution in [2.75, 3.05) is 59.4 Å². The van der Waals surface area contributed by atoms with Gasteiger partial charge in [-0.05, 0) is 62.5 Å². The van der Waals surface area contributed by atoms with Crippen LogP contribution < -0.4 is 5.32 Å². The predicted molar refractivity (Wildman–Crippen MR) is 140 cm³/mol. The molecule has 6 nitrogen and oxygen atoms in total. The third kappa shape index (κ3) is 8.09. The molecule has 0 unspecified atom stereocenters. The summed E-state index contributed by atoms with van der Waals surface area (Å²) in [4.78, 5) is 23.9. The van der Waals surface area contributed by atoms with E-state index in [1.165, 1.54) is 38.9 Å². The maximum Gasteiger partial charge on any atom is 0.227 e. The second kappa shape index (κ2) is 13.5. The monoisotopic (exact) mass is 561 g/mol. The molecule has 3 rings (SSSR count). The zero-order chi connectivity index (χ0) is 21.3. The van der Waals surface area contributed by atoms with Crippen LogP contribution in [0.25, 0.3) is 0 Å². The first-order valence-electron chi connectivity index (χ1n) is 11.3. The molecule has 31 heavy (non-hydrogen) atoms. The van der Waals surface area contributed by atoms with Gasteiger partial charge in [-0.1, -0.05) is 30.7 Å². The highest BCUT2D eigenvalue weighted by atomic mass is 127. The van der Waals surface area contributed by atoms with Crippen molar-refractivity contribution >= 4 is 47.4 Å². The Balaban J connectivity index is 0.00000341. The number of hydrogen-bond donors (Lipinski definition) is 1. The molecule has 2 aliphatic rings. The number of amides is 1. The number of piperazine rings is 1. The van der Waals surface area contributed by atoms with E-state index in [1.807, 2.05) is 36.2 Å². The van der Waals surface area contributed by atoms with E-state index in [0.717, 1.165) is 50.2 Å². The minimum Gasteiger partial charge on any atom is -0.356 e. The van der Waals surface area contributed by atoms with E-state index in [9.17, 15) is 4.79 Å². The molecule has 0 radical (unpaired) electrons. The first-order chi connectivity index (χ1) is 14.6. The van der Waals surface area contributed by atoms with Gasteiger partial charge in [0.15, 0.2) is 5.96 Å². The molecule has 0 saturated carbocycles. The normalized spacial score (nSPS) is 18.6. The van der Waals surface area contributed by atoms with Gasteiger partial charge in [0.1, 0.15) is 0 Å². The van der Waals surface area contributed by atoms with Gasteiger partial charge in [0.25, 0.3) is 0 Å². The van der Waals surface area contributed by atoms with E-state index < -0.39 is 0 Å². The van der Waals surface area contributed by atoms with Crippen molar-refractivity contribution in [3.05, 3.63) is 34.9 Å². The average Bonchev–Trinajstić information content (AvgIpc) is 2.76. The minimum absolute atomic E-state index is 0. The number of nitrogens with zero attached hydrogens (tertiary/aromatic N) is 4. The Kier molecular flexibility index (Phi) is 11.4. The Labute approximate surface area is 209 Å². The Bertz CT molecular complexity index is 716. The van der Waals surface area contributed by atoms with E-state index in [4.69, 9.17) is 11.6 Å². The van der Waals surface area contributed by atoms with Crippen LogP contribution in [-0.4, -0.2) is 86.0 Å². The molecule has 0 aliphatic carbocycles. The quantitative estimate of drug-likeness (QED) is 0.329. The van der Waals surface area contributed by atoms with Crippen LogP contribution in [0.5, 0.6) is 0 Å². The lowest BCUT2D eigenvalue weighted by molar-refractivity contribution is -0.131. The Hall–Kier alpha value is -1.06. The van der Waals surface area contributed by atoms with Gasteiger partial charge in [-0.2, -0.15) is 0 Å². The van der Waals surface area contributed by atoms with E-state index in [0.29, 0.717) is 11.4 Å². The van der Waals surface area contributed by atoms with Crippen molar-refractivity contribution in [1.82, 2.24) is 20.0 Å². The highest BCUT2D eigenvalue weighted by Gasteiger charge is 2.24. The summed E-state index contributed by atoms with van der Waals surface area (Å²) in [5, 5.41) is 4.26. The summed E-state index contributed by atoms with van der Waals surface area (Å²) < 4.78 is 0. The predicted octanol–water partition coefficient (Wildman–Crippen LogP) is 3.34. The van der Waals surface area contributed by atoms with Crippen molar-refractivity contribution in [3.8, 4) is 0 Å². The SMILES string of the molecule is CCCN1CCC(CNC(=NC)N2CCN(C(=O)Cc3cccc(Cl)c3)CC2)CC1.I. The zero-order valence-corrected chi connectivity index (χ0v) is 21.9. The largest absolute Gasteiger partial charge is 0.356 e. The summed E-state index contributed by atoms with van der Waals surface area (Å²) in [6.07, 6.45) is 4.17. The van der Waals surface area contributed by atoms with E-state index in [2.05, 4.69) is 27.0 Å². The van der Waals surface area contributed by atoms with Gasteiger partial charge < -0.3 is 20.0 Å². The van der Waals surface area contributed by atoms with Crippen LogP contribution in [-0.2, 0) is 11.2 Å². The maximum atomic E-state index is 12.6. The number of rotatable bonds is 6. The van der Waals surface area contributed by atoms with Crippen molar-refractivity contribution in [2.24, 2.45) is 10.9 Å². The molecule has 1 aromatic rings. The number of piperidine rings is 1. The van der Waals surface area contributed by atoms with Gasteiger partial charge >= 0.3 is 0 Å².